The van der Waals surface area contributed by atoms with Crippen LogP contribution in [0.4, 0.5) is 0 Å². The number of nitrogens with one attached hydrogen (secondary N) is 1. The predicted molar refractivity (Wildman–Crippen MR) is 71.9 cm³/mol. The Morgan fingerprint density at radius 2 is 2.12 bits per heavy atom. The molecule has 2 N–H and O–H groups in total. The van der Waals surface area contributed by atoms with Crippen LogP contribution in [0.3, 0.4) is 0 Å². The van der Waals surface area contributed by atoms with Crippen LogP contribution in [-0.2, 0) is 0 Å². The topological polar surface area (TPSA) is 32.3 Å². The first-order valence-corrected chi connectivity index (χ1v) is 6.77. The van der Waals surface area contributed by atoms with Crippen LogP contribution in [0, 0.1) is 0 Å². The first-order chi connectivity index (χ1) is 8.22. The number of benzene rings is 1. The van der Waals surface area contributed by atoms with Crippen molar-refractivity contribution in [3.63, 3.8) is 0 Å². The molecule has 0 radical (unpaired) electrons. The van der Waals surface area contributed by atoms with E-state index in [0.717, 1.165) is 18.5 Å². The molecule has 1 saturated heterocycles. The molecule has 0 bridgehead atoms. The van der Waals surface area contributed by atoms with Crippen LogP contribution in [0.5, 0.6) is 0 Å². The SMILES string of the molecule is OCC(c1ccc(Cl)c(Cl)c1)[C@@H]1CCCCN1. The molecule has 2 atom stereocenters. The highest BCUT2D eigenvalue weighted by molar-refractivity contribution is 6.42. The van der Waals surface area contributed by atoms with E-state index in [1.54, 1.807) is 6.07 Å². The molecule has 94 valence electrons. The third-order valence-corrected chi connectivity index (χ3v) is 4.14. The van der Waals surface area contributed by atoms with Crippen molar-refractivity contribution in [1.82, 2.24) is 5.32 Å². The molecule has 1 fully saturated rings. The third-order valence-electron chi connectivity index (χ3n) is 3.40. The zero-order valence-corrected chi connectivity index (χ0v) is 11.1. The van der Waals surface area contributed by atoms with Gasteiger partial charge in [0.2, 0.25) is 0 Å². The van der Waals surface area contributed by atoms with Gasteiger partial charge in [-0.2, -0.15) is 0 Å². The van der Waals surface area contributed by atoms with Gasteiger partial charge in [-0.3, -0.25) is 0 Å². The van der Waals surface area contributed by atoms with E-state index in [-0.39, 0.29) is 12.5 Å². The second-order valence-electron chi connectivity index (χ2n) is 4.52. The van der Waals surface area contributed by atoms with Gasteiger partial charge >= 0.3 is 0 Å². The second-order valence-corrected chi connectivity index (χ2v) is 5.33. The average Bonchev–Trinajstić information content (AvgIpc) is 2.36. The van der Waals surface area contributed by atoms with E-state index in [1.807, 2.05) is 12.1 Å². The summed E-state index contributed by atoms with van der Waals surface area (Å²) < 4.78 is 0. The van der Waals surface area contributed by atoms with Crippen molar-refractivity contribution in [3.8, 4) is 0 Å². The molecule has 1 unspecified atom stereocenters. The van der Waals surface area contributed by atoms with Crippen LogP contribution in [0.25, 0.3) is 0 Å². The molecule has 0 amide bonds. The van der Waals surface area contributed by atoms with Gasteiger partial charge in [-0.25, -0.2) is 0 Å². The Balaban J connectivity index is 2.18. The summed E-state index contributed by atoms with van der Waals surface area (Å²) in [6.07, 6.45) is 3.54. The predicted octanol–water partition coefficient (Wildman–Crippen LogP) is 3.21. The number of hydrogen-bond acceptors (Lipinski definition) is 2. The maximum absolute atomic E-state index is 9.58. The summed E-state index contributed by atoms with van der Waals surface area (Å²) in [6, 6.07) is 5.95. The van der Waals surface area contributed by atoms with Gasteiger partial charge in [0, 0.05) is 12.0 Å². The van der Waals surface area contributed by atoms with Crippen molar-refractivity contribution in [2.75, 3.05) is 13.2 Å². The number of aliphatic hydroxyl groups excluding tert-OH is 1. The first kappa shape index (κ1) is 13.2. The fourth-order valence-corrected chi connectivity index (χ4v) is 2.74. The maximum Gasteiger partial charge on any atom is 0.0595 e. The molecule has 0 saturated carbocycles. The molecule has 1 aromatic rings. The number of aliphatic hydroxyl groups is 1. The summed E-state index contributed by atoms with van der Waals surface area (Å²) in [5.41, 5.74) is 1.06. The highest BCUT2D eigenvalue weighted by Crippen LogP contribution is 2.30. The average molecular weight is 274 g/mol. The number of piperidine rings is 1. The van der Waals surface area contributed by atoms with Gasteiger partial charge in [0.05, 0.1) is 16.7 Å². The van der Waals surface area contributed by atoms with Gasteiger partial charge in [0.25, 0.3) is 0 Å². The zero-order valence-electron chi connectivity index (χ0n) is 9.63. The van der Waals surface area contributed by atoms with E-state index < -0.39 is 0 Å². The summed E-state index contributed by atoms with van der Waals surface area (Å²) in [5.74, 6) is 0.102. The molecule has 2 nitrogen and oxygen atoms in total. The second kappa shape index (κ2) is 6.05. The minimum atomic E-state index is 0.102. The van der Waals surface area contributed by atoms with Crippen molar-refractivity contribution in [2.24, 2.45) is 0 Å². The van der Waals surface area contributed by atoms with Crippen molar-refractivity contribution >= 4 is 23.2 Å². The molecular weight excluding hydrogens is 257 g/mol. The lowest BCUT2D eigenvalue weighted by Crippen LogP contribution is -2.40. The first-order valence-electron chi connectivity index (χ1n) is 6.01. The highest BCUT2D eigenvalue weighted by atomic mass is 35.5. The Labute approximate surface area is 112 Å². The van der Waals surface area contributed by atoms with Crippen LogP contribution >= 0.6 is 23.2 Å². The Bertz CT molecular complexity index is 378. The smallest absolute Gasteiger partial charge is 0.0595 e. The summed E-state index contributed by atoms with van der Waals surface area (Å²) in [5, 5.41) is 14.2. The van der Waals surface area contributed by atoms with E-state index in [9.17, 15) is 5.11 Å². The van der Waals surface area contributed by atoms with E-state index in [1.165, 1.54) is 12.8 Å². The molecule has 1 aromatic carbocycles. The molecule has 1 aliphatic heterocycles. The third kappa shape index (κ3) is 3.14. The van der Waals surface area contributed by atoms with Crippen LogP contribution < -0.4 is 5.32 Å². The van der Waals surface area contributed by atoms with Crippen molar-refractivity contribution < 1.29 is 5.11 Å². The highest BCUT2D eigenvalue weighted by Gasteiger charge is 2.24. The lowest BCUT2D eigenvalue weighted by molar-refractivity contribution is 0.219. The zero-order chi connectivity index (χ0) is 12.3. The van der Waals surface area contributed by atoms with Gasteiger partial charge in [-0.05, 0) is 37.1 Å². The Kier molecular flexibility index (Phi) is 4.69. The Morgan fingerprint density at radius 3 is 2.71 bits per heavy atom. The fourth-order valence-electron chi connectivity index (χ4n) is 2.43. The van der Waals surface area contributed by atoms with Crippen molar-refractivity contribution in [2.45, 2.75) is 31.2 Å². The minimum Gasteiger partial charge on any atom is -0.396 e. The normalized spacial score (nSPS) is 22.4. The molecule has 4 heteroatoms. The Morgan fingerprint density at radius 1 is 1.29 bits per heavy atom. The van der Waals surface area contributed by atoms with Crippen molar-refractivity contribution in [1.29, 1.82) is 0 Å². The van der Waals surface area contributed by atoms with Gasteiger partial charge in [-0.15, -0.1) is 0 Å². The van der Waals surface area contributed by atoms with E-state index >= 15 is 0 Å². The molecule has 17 heavy (non-hydrogen) atoms. The monoisotopic (exact) mass is 273 g/mol. The van der Waals surface area contributed by atoms with Gasteiger partial charge < -0.3 is 10.4 Å². The summed E-state index contributed by atoms with van der Waals surface area (Å²) in [7, 11) is 0. The fraction of sp³-hybridized carbons (Fsp3) is 0.538. The van der Waals surface area contributed by atoms with Crippen LogP contribution in [0.1, 0.15) is 30.7 Å². The van der Waals surface area contributed by atoms with Gasteiger partial charge in [0.15, 0.2) is 0 Å². The lowest BCUT2D eigenvalue weighted by Gasteiger charge is -2.30. The molecule has 1 heterocycles. The minimum absolute atomic E-state index is 0.102. The number of hydrogen-bond donors (Lipinski definition) is 2. The maximum atomic E-state index is 9.58. The Hall–Kier alpha value is -0.280. The molecule has 0 aliphatic carbocycles. The quantitative estimate of drug-likeness (QED) is 0.887. The van der Waals surface area contributed by atoms with E-state index in [2.05, 4.69) is 5.32 Å². The summed E-state index contributed by atoms with van der Waals surface area (Å²) in [4.78, 5) is 0. The van der Waals surface area contributed by atoms with Crippen LogP contribution in [-0.4, -0.2) is 24.3 Å². The standard InChI is InChI=1S/C13H17Cl2NO/c14-11-5-4-9(7-12(11)15)10(8-17)13-3-1-2-6-16-13/h4-5,7,10,13,16-17H,1-3,6,8H2/t10?,13-/m0/s1. The number of rotatable bonds is 3. The largest absolute Gasteiger partial charge is 0.396 e. The molecule has 2 rings (SSSR count). The van der Waals surface area contributed by atoms with Crippen LogP contribution in [0.15, 0.2) is 18.2 Å². The molecule has 0 spiro atoms. The summed E-state index contributed by atoms with van der Waals surface area (Å²) in [6.45, 7) is 1.16. The molecular formula is C13H17Cl2NO. The molecule has 0 aromatic heterocycles. The summed E-state index contributed by atoms with van der Waals surface area (Å²) >= 11 is 11.9. The number of halogens is 2. The van der Waals surface area contributed by atoms with E-state index in [0.29, 0.717) is 16.1 Å². The lowest BCUT2D eigenvalue weighted by atomic mass is 9.87. The van der Waals surface area contributed by atoms with Gasteiger partial charge in [-0.1, -0.05) is 35.7 Å². The molecule has 1 aliphatic rings. The van der Waals surface area contributed by atoms with E-state index in [4.69, 9.17) is 23.2 Å². The van der Waals surface area contributed by atoms with Crippen LogP contribution in [0.2, 0.25) is 10.0 Å². The van der Waals surface area contributed by atoms with Gasteiger partial charge in [0.1, 0.15) is 0 Å². The van der Waals surface area contributed by atoms with Crippen molar-refractivity contribution in [3.05, 3.63) is 33.8 Å².